The lowest BCUT2D eigenvalue weighted by atomic mass is 9.99. The second-order valence-corrected chi connectivity index (χ2v) is 16.2. The Morgan fingerprint density at radius 3 is 1.71 bits per heavy atom. The van der Waals surface area contributed by atoms with E-state index in [1.807, 2.05) is 21.1 Å². The van der Waals surface area contributed by atoms with Crippen LogP contribution in [0.5, 0.6) is 0 Å². The fourth-order valence-electron chi connectivity index (χ4n) is 5.61. The van der Waals surface area contributed by atoms with Crippen LogP contribution in [-0.2, 0) is 18.4 Å². The number of phosphoric ester groups is 1. The molecule has 48 heavy (non-hydrogen) atoms. The SMILES string of the molecule is CCCCC/C=C\CCCCCCCC(=O)NC(COP(=O)(O)OCC[N+](C)(C)C)C(O)C(O)CCCCCCCCCCCCCC. The van der Waals surface area contributed by atoms with Crippen molar-refractivity contribution in [1.82, 2.24) is 5.32 Å². The highest BCUT2D eigenvalue weighted by atomic mass is 31.2. The molecule has 0 fully saturated rings. The van der Waals surface area contributed by atoms with Crippen LogP contribution in [0.4, 0.5) is 0 Å². The highest BCUT2D eigenvalue weighted by molar-refractivity contribution is 7.47. The monoisotopic (exact) mass is 706 g/mol. The van der Waals surface area contributed by atoms with E-state index in [0.717, 1.165) is 57.8 Å². The van der Waals surface area contributed by atoms with Crippen molar-refractivity contribution < 1.29 is 38.0 Å². The zero-order chi connectivity index (χ0) is 35.9. The highest BCUT2D eigenvalue weighted by Gasteiger charge is 2.31. The van der Waals surface area contributed by atoms with E-state index in [0.29, 0.717) is 17.4 Å². The van der Waals surface area contributed by atoms with E-state index in [2.05, 4.69) is 31.3 Å². The number of aliphatic hydroxyl groups is 2. The van der Waals surface area contributed by atoms with Crippen LogP contribution in [0.1, 0.15) is 168 Å². The van der Waals surface area contributed by atoms with Crippen LogP contribution in [0.2, 0.25) is 0 Å². The predicted molar refractivity (Wildman–Crippen MR) is 200 cm³/mol. The molecular formula is C38H78N2O7P+. The first-order valence-electron chi connectivity index (χ1n) is 19.6. The van der Waals surface area contributed by atoms with Gasteiger partial charge >= 0.3 is 7.82 Å². The van der Waals surface area contributed by atoms with Crippen molar-refractivity contribution in [2.24, 2.45) is 0 Å². The van der Waals surface area contributed by atoms with Gasteiger partial charge in [-0.1, -0.05) is 135 Å². The van der Waals surface area contributed by atoms with Crippen molar-refractivity contribution >= 4 is 13.7 Å². The summed E-state index contributed by atoms with van der Waals surface area (Å²) in [5, 5.41) is 24.5. The third-order valence-corrected chi connectivity index (χ3v) is 9.84. The Balaban J connectivity index is 4.62. The van der Waals surface area contributed by atoms with Crippen molar-refractivity contribution in [3.8, 4) is 0 Å². The number of amides is 1. The zero-order valence-corrected chi connectivity index (χ0v) is 32.7. The molecule has 10 heteroatoms. The van der Waals surface area contributed by atoms with Gasteiger partial charge in [0.1, 0.15) is 19.3 Å². The van der Waals surface area contributed by atoms with E-state index in [9.17, 15) is 24.5 Å². The van der Waals surface area contributed by atoms with Gasteiger partial charge in [0, 0.05) is 6.42 Å². The lowest BCUT2D eigenvalue weighted by Gasteiger charge is -2.28. The molecule has 0 aromatic rings. The van der Waals surface area contributed by atoms with Gasteiger partial charge in [-0.25, -0.2) is 4.57 Å². The number of aliphatic hydroxyl groups excluding tert-OH is 2. The summed E-state index contributed by atoms with van der Waals surface area (Å²) in [6.45, 7) is 4.55. The van der Waals surface area contributed by atoms with Crippen LogP contribution in [0.25, 0.3) is 0 Å². The molecule has 0 aliphatic carbocycles. The summed E-state index contributed by atoms with van der Waals surface area (Å²) in [7, 11) is 1.43. The van der Waals surface area contributed by atoms with E-state index in [1.54, 1.807) is 0 Å². The van der Waals surface area contributed by atoms with Gasteiger partial charge in [-0.3, -0.25) is 13.8 Å². The minimum absolute atomic E-state index is 0.0215. The van der Waals surface area contributed by atoms with Crippen molar-refractivity contribution in [1.29, 1.82) is 0 Å². The number of carbonyl (C=O) groups is 1. The Kier molecular flexibility index (Phi) is 30.5. The number of allylic oxidation sites excluding steroid dienone is 2. The van der Waals surface area contributed by atoms with Crippen molar-refractivity contribution in [2.45, 2.75) is 186 Å². The second-order valence-electron chi connectivity index (χ2n) is 14.8. The number of phosphoric acid groups is 1. The number of nitrogens with zero attached hydrogens (tertiary/aromatic N) is 1. The van der Waals surface area contributed by atoms with Gasteiger partial charge in [0.25, 0.3) is 0 Å². The second kappa shape index (κ2) is 31.0. The van der Waals surface area contributed by atoms with Gasteiger partial charge < -0.3 is 24.9 Å². The first kappa shape index (κ1) is 47.2. The summed E-state index contributed by atoms with van der Waals surface area (Å²) in [5.74, 6) is -0.269. The standard InChI is InChI=1S/C38H77N2O7P/c1-6-8-10-12-14-16-18-20-22-24-26-28-30-36(41)38(43)35(34-47-48(44,45)46-33-32-40(3,4)5)39-37(42)31-29-27-25-23-21-19-17-15-13-11-9-7-2/h15,17,35-36,38,41,43H,6-14,16,18-34H2,1-5H3,(H-,39,42,44,45)/p+1/b17-15-. The third-order valence-electron chi connectivity index (χ3n) is 8.86. The van der Waals surface area contributed by atoms with Crippen LogP contribution in [-0.4, -0.2) is 84.6 Å². The van der Waals surface area contributed by atoms with Gasteiger partial charge in [-0.15, -0.1) is 0 Å². The Morgan fingerprint density at radius 1 is 0.708 bits per heavy atom. The summed E-state index contributed by atoms with van der Waals surface area (Å²) in [6, 6.07) is -1.03. The predicted octanol–water partition coefficient (Wildman–Crippen LogP) is 8.99. The molecular weight excluding hydrogens is 627 g/mol. The number of hydrogen-bond acceptors (Lipinski definition) is 6. The molecule has 0 aliphatic heterocycles. The summed E-state index contributed by atoms with van der Waals surface area (Å²) in [6.07, 6.45) is 28.3. The molecule has 0 radical (unpaired) electrons. The molecule has 1 amide bonds. The van der Waals surface area contributed by atoms with E-state index in [-0.39, 0.29) is 18.9 Å². The number of carbonyl (C=O) groups excluding carboxylic acids is 1. The molecule has 0 aromatic heterocycles. The molecule has 0 spiro atoms. The first-order valence-corrected chi connectivity index (χ1v) is 21.1. The number of nitrogens with one attached hydrogen (secondary N) is 1. The average Bonchev–Trinajstić information content (AvgIpc) is 3.02. The quantitative estimate of drug-likeness (QED) is 0.0225. The molecule has 0 saturated heterocycles. The first-order chi connectivity index (χ1) is 22.9. The lowest BCUT2D eigenvalue weighted by molar-refractivity contribution is -0.870. The minimum atomic E-state index is -4.40. The maximum atomic E-state index is 12.8. The van der Waals surface area contributed by atoms with Gasteiger partial charge in [0.05, 0.1) is 39.9 Å². The summed E-state index contributed by atoms with van der Waals surface area (Å²) in [4.78, 5) is 23.0. The number of likely N-dealkylation sites (N-methyl/N-ethyl adjacent to an activating group) is 1. The van der Waals surface area contributed by atoms with E-state index in [1.165, 1.54) is 83.5 Å². The summed E-state index contributed by atoms with van der Waals surface area (Å²) in [5.41, 5.74) is 0. The van der Waals surface area contributed by atoms with Gasteiger partial charge in [-0.2, -0.15) is 0 Å². The van der Waals surface area contributed by atoms with Crippen molar-refractivity contribution in [2.75, 3.05) is 40.9 Å². The van der Waals surface area contributed by atoms with Crippen LogP contribution in [0.3, 0.4) is 0 Å². The Morgan fingerprint density at radius 2 is 1.17 bits per heavy atom. The van der Waals surface area contributed by atoms with E-state index in [4.69, 9.17) is 9.05 Å². The smallest absolute Gasteiger partial charge is 0.390 e. The van der Waals surface area contributed by atoms with Gasteiger partial charge in [0.15, 0.2) is 0 Å². The maximum absolute atomic E-state index is 12.8. The average molecular weight is 706 g/mol. The summed E-state index contributed by atoms with van der Waals surface area (Å²) >= 11 is 0. The van der Waals surface area contributed by atoms with E-state index < -0.39 is 32.7 Å². The van der Waals surface area contributed by atoms with Crippen LogP contribution < -0.4 is 5.32 Å². The molecule has 0 bridgehead atoms. The minimum Gasteiger partial charge on any atom is -0.390 e. The Hall–Kier alpha value is -0.800. The van der Waals surface area contributed by atoms with Crippen LogP contribution in [0.15, 0.2) is 12.2 Å². The maximum Gasteiger partial charge on any atom is 0.472 e. The lowest BCUT2D eigenvalue weighted by Crippen LogP contribution is -2.51. The molecule has 4 atom stereocenters. The van der Waals surface area contributed by atoms with Crippen LogP contribution >= 0.6 is 7.82 Å². The Bertz CT molecular complexity index is 821. The normalized spacial score (nSPS) is 15.4. The Labute approximate surface area is 295 Å². The number of rotatable bonds is 35. The van der Waals surface area contributed by atoms with Crippen molar-refractivity contribution in [3.05, 3.63) is 12.2 Å². The molecule has 0 rings (SSSR count). The molecule has 0 aromatic carbocycles. The molecule has 9 nitrogen and oxygen atoms in total. The molecule has 0 aliphatic rings. The molecule has 0 heterocycles. The third kappa shape index (κ3) is 31.2. The number of unbranched alkanes of at least 4 members (excludes halogenated alkanes) is 19. The highest BCUT2D eigenvalue weighted by Crippen LogP contribution is 2.43. The van der Waals surface area contributed by atoms with Crippen LogP contribution in [0, 0.1) is 0 Å². The molecule has 286 valence electrons. The molecule has 4 N–H and O–H groups in total. The largest absolute Gasteiger partial charge is 0.472 e. The topological polar surface area (TPSA) is 125 Å². The molecule has 0 saturated carbocycles. The number of hydrogen-bond donors (Lipinski definition) is 4. The number of quaternary nitrogens is 1. The van der Waals surface area contributed by atoms with Gasteiger partial charge in [-0.05, 0) is 38.5 Å². The fraction of sp³-hybridized carbons (Fsp3) is 0.921. The van der Waals surface area contributed by atoms with Crippen molar-refractivity contribution in [3.63, 3.8) is 0 Å². The summed E-state index contributed by atoms with van der Waals surface area (Å²) < 4.78 is 23.4. The van der Waals surface area contributed by atoms with Gasteiger partial charge in [0.2, 0.25) is 5.91 Å². The molecule has 4 unspecified atom stereocenters. The fourth-order valence-corrected chi connectivity index (χ4v) is 6.34. The van der Waals surface area contributed by atoms with E-state index >= 15 is 0 Å². The zero-order valence-electron chi connectivity index (χ0n) is 31.8.